The second-order valence-electron chi connectivity index (χ2n) is 9.35. The number of carboxylic acid groups (broad SMARTS) is 1. The van der Waals surface area contributed by atoms with E-state index >= 15 is 0 Å². The Morgan fingerprint density at radius 1 is 1.26 bits per heavy atom. The number of piperidine rings is 1. The Morgan fingerprint density at radius 2 is 2.06 bits per heavy atom. The van der Waals surface area contributed by atoms with Crippen LogP contribution in [0.15, 0.2) is 48.9 Å². The summed E-state index contributed by atoms with van der Waals surface area (Å²) in [4.78, 5) is 23.2. The molecule has 1 aliphatic heterocycles. The number of likely N-dealkylation sites (tertiary alicyclic amines) is 1. The fraction of sp³-hybridized carbons (Fsp3) is 0.444. The summed E-state index contributed by atoms with van der Waals surface area (Å²) in [7, 11) is 1.58. The van der Waals surface area contributed by atoms with Crippen LogP contribution < -0.4 is 4.74 Å². The zero-order valence-corrected chi connectivity index (χ0v) is 20.7. The van der Waals surface area contributed by atoms with Gasteiger partial charge in [0.15, 0.2) is 0 Å². The van der Waals surface area contributed by atoms with Gasteiger partial charge in [0.05, 0.1) is 29.2 Å². The lowest BCUT2D eigenvalue weighted by atomic mass is 9.74. The van der Waals surface area contributed by atoms with Gasteiger partial charge in [-0.1, -0.05) is 17.7 Å². The second kappa shape index (κ2) is 11.3. The lowest BCUT2D eigenvalue weighted by Crippen LogP contribution is -2.44. The van der Waals surface area contributed by atoms with Gasteiger partial charge in [-0.2, -0.15) is 0 Å². The van der Waals surface area contributed by atoms with Crippen LogP contribution in [0.5, 0.6) is 5.75 Å². The number of halogens is 1. The summed E-state index contributed by atoms with van der Waals surface area (Å²) < 4.78 is 5.32. The minimum Gasteiger partial charge on any atom is -0.497 e. The van der Waals surface area contributed by atoms with Crippen molar-refractivity contribution in [2.45, 2.75) is 44.6 Å². The average molecular weight is 498 g/mol. The molecule has 4 rings (SSSR count). The summed E-state index contributed by atoms with van der Waals surface area (Å²) >= 11 is 6.43. The number of carboxylic acids is 1. The van der Waals surface area contributed by atoms with Crippen LogP contribution in [0.4, 0.5) is 0 Å². The SMILES string of the molecule is COc1ccc2ncc(Cl)c([C@@H](O)CCC3(C(=O)O)CCN(CCCc4cccnc4)CC3)c2c1. The third kappa shape index (κ3) is 5.92. The van der Waals surface area contributed by atoms with E-state index in [9.17, 15) is 15.0 Å². The lowest BCUT2D eigenvalue weighted by molar-refractivity contribution is -0.153. The van der Waals surface area contributed by atoms with Gasteiger partial charge < -0.3 is 19.8 Å². The van der Waals surface area contributed by atoms with Crippen LogP contribution >= 0.6 is 11.6 Å². The van der Waals surface area contributed by atoms with Crippen molar-refractivity contribution in [3.63, 3.8) is 0 Å². The first kappa shape index (κ1) is 25.4. The molecule has 1 fully saturated rings. The predicted molar refractivity (Wildman–Crippen MR) is 136 cm³/mol. The van der Waals surface area contributed by atoms with E-state index in [2.05, 4.69) is 20.9 Å². The number of aliphatic hydroxyl groups is 1. The monoisotopic (exact) mass is 497 g/mol. The summed E-state index contributed by atoms with van der Waals surface area (Å²) in [5, 5.41) is 22.3. The van der Waals surface area contributed by atoms with Gasteiger partial charge in [0, 0.05) is 29.5 Å². The van der Waals surface area contributed by atoms with Gasteiger partial charge in [0.1, 0.15) is 5.75 Å². The van der Waals surface area contributed by atoms with Crippen LogP contribution in [-0.4, -0.2) is 57.8 Å². The van der Waals surface area contributed by atoms with Crippen molar-refractivity contribution in [2.24, 2.45) is 5.41 Å². The first-order chi connectivity index (χ1) is 16.9. The number of aliphatic hydroxyl groups excluding tert-OH is 1. The highest BCUT2D eigenvalue weighted by Crippen LogP contribution is 2.41. The molecule has 0 aliphatic carbocycles. The Balaban J connectivity index is 1.38. The van der Waals surface area contributed by atoms with Gasteiger partial charge >= 0.3 is 5.97 Å². The number of methoxy groups -OCH3 is 1. The summed E-state index contributed by atoms with van der Waals surface area (Å²) in [5.74, 6) is -0.139. The maximum absolute atomic E-state index is 12.3. The molecular formula is C27H32ClN3O4. The standard InChI is InChI=1S/C27H32ClN3O4/c1-35-20-6-7-23-21(16-20)25(22(28)18-30-23)24(32)8-9-27(26(33)34)10-14-31(15-11-27)13-3-5-19-4-2-12-29-17-19/h2,4,6-7,12,16-18,24,32H,3,5,8-11,13-15H2,1H3,(H,33,34)/t24-/m0/s1. The molecule has 1 saturated heterocycles. The molecule has 186 valence electrons. The van der Waals surface area contributed by atoms with Crippen LogP contribution in [0, 0.1) is 5.41 Å². The van der Waals surface area contributed by atoms with Crippen LogP contribution in [0.25, 0.3) is 10.9 Å². The molecule has 8 heteroatoms. The Kier molecular flexibility index (Phi) is 8.21. The van der Waals surface area contributed by atoms with Gasteiger partial charge in [-0.25, -0.2) is 0 Å². The topological polar surface area (TPSA) is 95.8 Å². The van der Waals surface area contributed by atoms with E-state index in [4.69, 9.17) is 16.3 Å². The molecule has 1 aromatic carbocycles. The van der Waals surface area contributed by atoms with Crippen molar-refractivity contribution in [2.75, 3.05) is 26.7 Å². The number of rotatable bonds is 10. The molecular weight excluding hydrogens is 466 g/mol. The molecule has 3 heterocycles. The average Bonchev–Trinajstić information content (AvgIpc) is 2.88. The second-order valence-corrected chi connectivity index (χ2v) is 9.76. The summed E-state index contributed by atoms with van der Waals surface area (Å²) in [6, 6.07) is 9.47. The molecule has 0 unspecified atom stereocenters. The first-order valence-corrected chi connectivity index (χ1v) is 12.4. The summed E-state index contributed by atoms with van der Waals surface area (Å²) in [6.45, 7) is 2.42. The van der Waals surface area contributed by atoms with Crippen LogP contribution in [-0.2, 0) is 11.2 Å². The van der Waals surface area contributed by atoms with E-state index in [0.717, 1.165) is 37.9 Å². The zero-order valence-electron chi connectivity index (χ0n) is 20.0. The number of aromatic nitrogens is 2. The van der Waals surface area contributed by atoms with Crippen molar-refractivity contribution >= 4 is 28.5 Å². The maximum Gasteiger partial charge on any atom is 0.309 e. The van der Waals surface area contributed by atoms with Gasteiger partial charge in [0.2, 0.25) is 0 Å². The number of nitrogens with zero attached hydrogens (tertiary/aromatic N) is 3. The minimum absolute atomic E-state index is 0.309. The highest BCUT2D eigenvalue weighted by molar-refractivity contribution is 6.32. The quantitative estimate of drug-likeness (QED) is 0.411. The maximum atomic E-state index is 12.3. The normalized spacial score (nSPS) is 16.8. The molecule has 7 nitrogen and oxygen atoms in total. The number of ether oxygens (including phenoxy) is 1. The highest BCUT2D eigenvalue weighted by Gasteiger charge is 2.41. The molecule has 3 aromatic rings. The fourth-order valence-electron chi connectivity index (χ4n) is 5.02. The molecule has 0 saturated carbocycles. The number of aryl methyl sites for hydroxylation is 1. The van der Waals surface area contributed by atoms with Gasteiger partial charge in [0.25, 0.3) is 0 Å². The molecule has 35 heavy (non-hydrogen) atoms. The molecule has 0 amide bonds. The Hall–Kier alpha value is -2.74. The predicted octanol–water partition coefficient (Wildman–Crippen LogP) is 4.91. The number of hydrogen-bond donors (Lipinski definition) is 2. The minimum atomic E-state index is -0.895. The van der Waals surface area contributed by atoms with Crippen LogP contribution in [0.3, 0.4) is 0 Å². The van der Waals surface area contributed by atoms with E-state index in [-0.39, 0.29) is 0 Å². The zero-order chi connectivity index (χ0) is 24.8. The lowest BCUT2D eigenvalue weighted by Gasteiger charge is -2.39. The molecule has 2 N–H and O–H groups in total. The Labute approximate surface area is 210 Å². The van der Waals surface area contributed by atoms with E-state index in [1.54, 1.807) is 13.3 Å². The molecule has 0 bridgehead atoms. The van der Waals surface area contributed by atoms with E-state index in [1.165, 1.54) is 11.8 Å². The molecule has 0 radical (unpaired) electrons. The van der Waals surface area contributed by atoms with Crippen LogP contribution in [0.2, 0.25) is 5.02 Å². The van der Waals surface area contributed by atoms with Gasteiger partial charge in [-0.15, -0.1) is 0 Å². The van der Waals surface area contributed by atoms with E-state index in [1.807, 2.05) is 30.5 Å². The number of hydrogen-bond acceptors (Lipinski definition) is 6. The number of pyridine rings is 2. The first-order valence-electron chi connectivity index (χ1n) is 12.1. The van der Waals surface area contributed by atoms with Crippen LogP contribution in [0.1, 0.15) is 49.3 Å². The Bertz CT molecular complexity index is 1150. The largest absolute Gasteiger partial charge is 0.497 e. The van der Waals surface area contributed by atoms with Crippen molar-refractivity contribution < 1.29 is 19.7 Å². The number of benzene rings is 1. The number of carbonyl (C=O) groups is 1. The van der Waals surface area contributed by atoms with Crippen molar-refractivity contribution in [3.8, 4) is 5.75 Å². The molecule has 1 aliphatic rings. The van der Waals surface area contributed by atoms with E-state index < -0.39 is 17.5 Å². The van der Waals surface area contributed by atoms with Gasteiger partial charge in [-0.05, 0) is 88.0 Å². The van der Waals surface area contributed by atoms with Gasteiger partial charge in [-0.3, -0.25) is 14.8 Å². The summed E-state index contributed by atoms with van der Waals surface area (Å²) in [6.07, 6.45) is 8.12. The number of fused-ring (bicyclic) bond motifs is 1. The fourth-order valence-corrected chi connectivity index (χ4v) is 5.30. The molecule has 2 aromatic heterocycles. The van der Waals surface area contributed by atoms with Crippen molar-refractivity contribution in [1.29, 1.82) is 0 Å². The Morgan fingerprint density at radius 3 is 2.74 bits per heavy atom. The molecule has 0 spiro atoms. The van der Waals surface area contributed by atoms with Crippen molar-refractivity contribution in [3.05, 3.63) is 65.1 Å². The highest BCUT2D eigenvalue weighted by atomic mass is 35.5. The third-order valence-electron chi connectivity index (χ3n) is 7.23. The van der Waals surface area contributed by atoms with Crippen molar-refractivity contribution in [1.82, 2.24) is 14.9 Å². The smallest absolute Gasteiger partial charge is 0.309 e. The van der Waals surface area contributed by atoms with E-state index in [0.29, 0.717) is 47.5 Å². The third-order valence-corrected chi connectivity index (χ3v) is 7.53. The summed E-state index contributed by atoms with van der Waals surface area (Å²) in [5.41, 5.74) is 1.66. The number of aliphatic carboxylic acids is 1. The molecule has 1 atom stereocenters.